The molecule has 72 valence electrons. The van der Waals surface area contributed by atoms with Crippen LogP contribution in [0.1, 0.15) is 0 Å². The maximum Gasteiger partial charge on any atom is 2.00 e. The van der Waals surface area contributed by atoms with Crippen LogP contribution < -0.4 is 29.6 Å². The Morgan fingerprint density at radius 3 is 0.571 bits per heavy atom. The van der Waals surface area contributed by atoms with Crippen LogP contribution in [0.15, 0.2) is 0 Å². The van der Waals surface area contributed by atoms with Crippen LogP contribution in [-0.4, -0.2) is 64.1 Å². The van der Waals surface area contributed by atoms with Crippen LogP contribution in [0, 0.1) is 46.0 Å². The minimum atomic E-state index is -1.75. The maximum absolute atomic E-state index is 8.25. The van der Waals surface area contributed by atoms with Crippen molar-refractivity contribution in [3.8, 4) is 0 Å². The molecule has 0 saturated carbocycles. The van der Waals surface area contributed by atoms with E-state index in [-0.39, 0.29) is 78.4 Å². The van der Waals surface area contributed by atoms with Crippen LogP contribution >= 0.6 is 0 Å². The molecule has 0 aliphatic rings. The van der Waals surface area contributed by atoms with Gasteiger partial charge in [-0.2, -0.15) is 0 Å². The van der Waals surface area contributed by atoms with Crippen LogP contribution in [-0.2, 0) is 0 Å². The largest absolute Gasteiger partial charge is 2.00 e. The summed E-state index contributed by atoms with van der Waals surface area (Å²) in [7, 11) is 0. The smallest absolute Gasteiger partial charge is 0.356 e. The van der Waals surface area contributed by atoms with E-state index >= 15 is 0 Å². The van der Waals surface area contributed by atoms with Crippen LogP contribution in [0.25, 0.3) is 0 Å². The Morgan fingerprint density at radius 2 is 0.571 bits per heavy atom. The van der Waals surface area contributed by atoms with Gasteiger partial charge in [0.15, 0.2) is 0 Å². The first-order chi connectivity index (χ1) is 5.20. The van der Waals surface area contributed by atoms with Gasteiger partial charge in [-0.15, -0.1) is 0 Å². The van der Waals surface area contributed by atoms with Crippen molar-refractivity contribution < 1.29 is 44.8 Å². The van der Waals surface area contributed by atoms with Crippen molar-refractivity contribution in [2.75, 3.05) is 0 Å². The first-order valence-corrected chi connectivity index (χ1v) is 1.64. The molecule has 0 radical (unpaired) electrons. The third-order valence-electron chi connectivity index (χ3n) is 0. The Morgan fingerprint density at radius 1 is 0.571 bits per heavy atom. The molecular weight excluding hydrogens is 346 g/mol. The molecule has 0 saturated heterocycles. The maximum atomic E-state index is 8.25. The standard InChI is InChI=1S/Ba.3NO3.Na/c;3*2-1(3)4;/q+2;3*-1;+1. The molecule has 0 N–H and O–H groups in total. The van der Waals surface area contributed by atoms with Gasteiger partial charge >= 0.3 is 78.4 Å². The predicted octanol–water partition coefficient (Wildman–Crippen LogP) is -4.09. The Balaban J connectivity index is -0.0000000270. The van der Waals surface area contributed by atoms with E-state index in [1.54, 1.807) is 0 Å². The monoisotopic (exact) mass is 347 g/mol. The minimum absolute atomic E-state index is 0. The average Bonchev–Trinajstić information content (AvgIpc) is 1.54. The average molecular weight is 346 g/mol. The molecule has 0 spiro atoms. The molecule has 0 heterocycles. The molecule has 0 aromatic carbocycles. The number of hydrogen-bond donors (Lipinski definition) is 0. The van der Waals surface area contributed by atoms with Crippen molar-refractivity contribution in [2.45, 2.75) is 0 Å². The molecule has 14 heteroatoms. The van der Waals surface area contributed by atoms with E-state index in [4.69, 9.17) is 46.0 Å². The van der Waals surface area contributed by atoms with Gasteiger partial charge in [0.2, 0.25) is 0 Å². The molecule has 12 nitrogen and oxygen atoms in total. The SMILES string of the molecule is O=[N+]([O-])[O-].O=[N+]([O-])[O-].O=[N+]([O-])[O-].[Ba+2].[Na+]. The van der Waals surface area contributed by atoms with Crippen molar-refractivity contribution in [3.63, 3.8) is 0 Å². The predicted molar refractivity (Wildman–Crippen MR) is 36.8 cm³/mol. The first-order valence-electron chi connectivity index (χ1n) is 1.64. The Hall–Kier alpha value is 0.171. The molecule has 0 aromatic heterocycles. The van der Waals surface area contributed by atoms with Gasteiger partial charge in [0.05, 0.1) is 15.3 Å². The first kappa shape index (κ1) is 29.2. The molecule has 0 aromatic rings. The summed E-state index contributed by atoms with van der Waals surface area (Å²) in [5.74, 6) is 0. The van der Waals surface area contributed by atoms with Gasteiger partial charge in [-0.05, 0) is 0 Å². The summed E-state index contributed by atoms with van der Waals surface area (Å²) in [6.45, 7) is 0. The van der Waals surface area contributed by atoms with Gasteiger partial charge in [-0.1, -0.05) is 0 Å². The van der Waals surface area contributed by atoms with Crippen LogP contribution in [0.4, 0.5) is 0 Å². The normalized spacial score (nSPS) is 5.14. The fourth-order valence-corrected chi connectivity index (χ4v) is 0. The van der Waals surface area contributed by atoms with Crippen molar-refractivity contribution >= 4 is 48.9 Å². The molecule has 0 rings (SSSR count). The number of rotatable bonds is 0. The zero-order valence-corrected chi connectivity index (χ0v) is 13.2. The van der Waals surface area contributed by atoms with E-state index in [0.29, 0.717) is 0 Å². The third kappa shape index (κ3) is 51700. The molecule has 0 fully saturated rings. The second-order valence-corrected chi connectivity index (χ2v) is 0.671. The molecule has 0 aliphatic heterocycles. The van der Waals surface area contributed by atoms with E-state index in [0.717, 1.165) is 0 Å². The second-order valence-electron chi connectivity index (χ2n) is 0.671. The molecule has 0 amide bonds. The Labute approximate surface area is 138 Å². The summed E-state index contributed by atoms with van der Waals surface area (Å²) < 4.78 is 0. The van der Waals surface area contributed by atoms with Crippen LogP contribution in [0.5, 0.6) is 0 Å². The van der Waals surface area contributed by atoms with Gasteiger partial charge in [-0.3, -0.25) is 0 Å². The van der Waals surface area contributed by atoms with Gasteiger partial charge in [0, 0.05) is 0 Å². The summed E-state index contributed by atoms with van der Waals surface area (Å²) in [6, 6.07) is 0. The summed E-state index contributed by atoms with van der Waals surface area (Å²) in [6.07, 6.45) is 0. The fourth-order valence-electron chi connectivity index (χ4n) is 0. The van der Waals surface area contributed by atoms with Crippen molar-refractivity contribution in [3.05, 3.63) is 46.0 Å². The fraction of sp³-hybridized carbons (Fsp3) is 0. The molecular formula is BaN3NaO9. The molecule has 0 bridgehead atoms. The quantitative estimate of drug-likeness (QED) is 0.237. The van der Waals surface area contributed by atoms with Crippen LogP contribution in [0.3, 0.4) is 0 Å². The van der Waals surface area contributed by atoms with Gasteiger partial charge < -0.3 is 46.0 Å². The summed E-state index contributed by atoms with van der Waals surface area (Å²) in [5.41, 5.74) is 0. The number of hydrogen-bond acceptors (Lipinski definition) is 9. The zero-order valence-electron chi connectivity index (χ0n) is 6.72. The molecule has 0 aliphatic carbocycles. The summed E-state index contributed by atoms with van der Waals surface area (Å²) in [5, 5.41) is 44.2. The van der Waals surface area contributed by atoms with Gasteiger partial charge in [-0.25, -0.2) is 0 Å². The molecule has 14 heavy (non-hydrogen) atoms. The minimum Gasteiger partial charge on any atom is -0.356 e. The van der Waals surface area contributed by atoms with E-state index in [9.17, 15) is 0 Å². The van der Waals surface area contributed by atoms with Gasteiger partial charge in [0.25, 0.3) is 0 Å². The van der Waals surface area contributed by atoms with Gasteiger partial charge in [0.1, 0.15) is 0 Å². The Kier molecular flexibility index (Phi) is 48.4. The zero-order chi connectivity index (χ0) is 10.7. The van der Waals surface area contributed by atoms with E-state index < -0.39 is 15.3 Å². The van der Waals surface area contributed by atoms with E-state index in [2.05, 4.69) is 0 Å². The topological polar surface area (TPSA) is 199 Å². The molecule has 0 atom stereocenters. The van der Waals surface area contributed by atoms with Crippen molar-refractivity contribution in [1.82, 2.24) is 0 Å². The second kappa shape index (κ2) is 23.2. The summed E-state index contributed by atoms with van der Waals surface area (Å²) in [4.78, 5) is 24.8. The van der Waals surface area contributed by atoms with E-state index in [1.165, 1.54) is 0 Å². The third-order valence-corrected chi connectivity index (χ3v) is 0. The molecule has 0 unspecified atom stereocenters. The van der Waals surface area contributed by atoms with E-state index in [1.807, 2.05) is 0 Å². The van der Waals surface area contributed by atoms with Crippen molar-refractivity contribution in [2.24, 2.45) is 0 Å². The van der Waals surface area contributed by atoms with Crippen LogP contribution in [0.2, 0.25) is 0 Å². The Bertz CT molecular complexity index is 118. The summed E-state index contributed by atoms with van der Waals surface area (Å²) >= 11 is 0. The number of nitrogens with zero attached hydrogens (tertiary/aromatic N) is 3. The van der Waals surface area contributed by atoms with Crippen molar-refractivity contribution in [1.29, 1.82) is 0 Å².